The number of ether oxygens (including phenoxy) is 1. The maximum absolute atomic E-state index is 11.8. The van der Waals surface area contributed by atoms with E-state index in [0.717, 1.165) is 45.8 Å². The summed E-state index contributed by atoms with van der Waals surface area (Å²) in [6.45, 7) is 10.1. The monoisotopic (exact) mass is 271 g/mol. The molecule has 3 N–H and O–H groups in total. The SMILES string of the molecule is CC(C)C[C@H](CN)CC(=O)NCCN1CCOCC1. The molecule has 0 saturated carbocycles. The Kier molecular flexibility index (Phi) is 8.02. The minimum Gasteiger partial charge on any atom is -0.379 e. The molecule has 112 valence electrons. The lowest BCUT2D eigenvalue weighted by atomic mass is 9.94. The maximum atomic E-state index is 11.8. The molecule has 1 heterocycles. The zero-order valence-electron chi connectivity index (χ0n) is 12.4. The van der Waals surface area contributed by atoms with E-state index in [1.807, 2.05) is 0 Å². The predicted octanol–water partition coefficient (Wildman–Crippen LogP) is 0.446. The molecule has 1 saturated heterocycles. The van der Waals surface area contributed by atoms with Crippen molar-refractivity contribution >= 4 is 5.91 Å². The molecular formula is C14H29N3O2. The molecule has 0 unspecified atom stereocenters. The minimum atomic E-state index is 0.129. The summed E-state index contributed by atoms with van der Waals surface area (Å²) >= 11 is 0. The van der Waals surface area contributed by atoms with Crippen molar-refractivity contribution in [2.24, 2.45) is 17.6 Å². The van der Waals surface area contributed by atoms with Crippen molar-refractivity contribution in [3.8, 4) is 0 Å². The van der Waals surface area contributed by atoms with Gasteiger partial charge >= 0.3 is 0 Å². The van der Waals surface area contributed by atoms with Gasteiger partial charge in [-0.05, 0) is 24.8 Å². The van der Waals surface area contributed by atoms with Crippen LogP contribution in [0.15, 0.2) is 0 Å². The van der Waals surface area contributed by atoms with Crippen LogP contribution in [0.2, 0.25) is 0 Å². The first-order chi connectivity index (χ1) is 9.11. The first kappa shape index (κ1) is 16.4. The number of carbonyl (C=O) groups is 1. The summed E-state index contributed by atoms with van der Waals surface area (Å²) in [4.78, 5) is 14.1. The molecule has 0 aromatic heterocycles. The highest BCUT2D eigenvalue weighted by molar-refractivity contribution is 5.76. The summed E-state index contributed by atoms with van der Waals surface area (Å²) in [5, 5.41) is 2.99. The van der Waals surface area contributed by atoms with Crippen LogP contribution in [0.5, 0.6) is 0 Å². The van der Waals surface area contributed by atoms with E-state index in [2.05, 4.69) is 24.1 Å². The van der Waals surface area contributed by atoms with Crippen molar-refractivity contribution in [1.29, 1.82) is 0 Å². The molecule has 1 atom stereocenters. The van der Waals surface area contributed by atoms with Crippen LogP contribution < -0.4 is 11.1 Å². The molecule has 1 fully saturated rings. The molecule has 19 heavy (non-hydrogen) atoms. The fourth-order valence-electron chi connectivity index (χ4n) is 2.44. The fourth-order valence-corrected chi connectivity index (χ4v) is 2.44. The van der Waals surface area contributed by atoms with E-state index in [1.54, 1.807) is 0 Å². The lowest BCUT2D eigenvalue weighted by Gasteiger charge is -2.26. The number of morpholine rings is 1. The Morgan fingerprint density at radius 2 is 2.05 bits per heavy atom. The third kappa shape index (κ3) is 7.50. The summed E-state index contributed by atoms with van der Waals surface area (Å²) in [6, 6.07) is 0. The average Bonchev–Trinajstić information content (AvgIpc) is 2.38. The lowest BCUT2D eigenvalue weighted by molar-refractivity contribution is -0.122. The normalized spacial score (nSPS) is 18.5. The van der Waals surface area contributed by atoms with Gasteiger partial charge in [-0.2, -0.15) is 0 Å². The molecule has 5 heteroatoms. The second kappa shape index (κ2) is 9.28. The van der Waals surface area contributed by atoms with Crippen molar-refractivity contribution in [3.63, 3.8) is 0 Å². The smallest absolute Gasteiger partial charge is 0.220 e. The molecule has 0 aromatic rings. The predicted molar refractivity (Wildman–Crippen MR) is 76.9 cm³/mol. The number of amides is 1. The third-order valence-electron chi connectivity index (χ3n) is 3.47. The topological polar surface area (TPSA) is 67.6 Å². The van der Waals surface area contributed by atoms with Gasteiger partial charge in [0.05, 0.1) is 13.2 Å². The van der Waals surface area contributed by atoms with Crippen molar-refractivity contribution in [2.75, 3.05) is 45.9 Å². The molecule has 1 rings (SSSR count). The number of rotatable bonds is 8. The second-order valence-corrected chi connectivity index (χ2v) is 5.74. The van der Waals surface area contributed by atoms with Gasteiger partial charge in [0, 0.05) is 32.6 Å². The van der Waals surface area contributed by atoms with Gasteiger partial charge in [0.1, 0.15) is 0 Å². The number of nitrogens with one attached hydrogen (secondary N) is 1. The Balaban J connectivity index is 2.12. The van der Waals surface area contributed by atoms with Crippen LogP contribution in [0.3, 0.4) is 0 Å². The Hall–Kier alpha value is -0.650. The van der Waals surface area contributed by atoms with Crippen LogP contribution in [0.1, 0.15) is 26.7 Å². The Labute approximate surface area is 116 Å². The molecule has 0 aromatic carbocycles. The number of nitrogens with two attached hydrogens (primary N) is 1. The third-order valence-corrected chi connectivity index (χ3v) is 3.47. The number of hydrogen-bond acceptors (Lipinski definition) is 4. The van der Waals surface area contributed by atoms with Crippen LogP contribution in [0.25, 0.3) is 0 Å². The molecule has 0 spiro atoms. The summed E-state index contributed by atoms with van der Waals surface area (Å²) in [5.74, 6) is 1.03. The van der Waals surface area contributed by atoms with Crippen LogP contribution in [0, 0.1) is 11.8 Å². The van der Waals surface area contributed by atoms with Crippen molar-refractivity contribution in [1.82, 2.24) is 10.2 Å². The van der Waals surface area contributed by atoms with E-state index in [1.165, 1.54) is 0 Å². The number of nitrogens with zero attached hydrogens (tertiary/aromatic N) is 1. The number of carbonyl (C=O) groups excluding carboxylic acids is 1. The second-order valence-electron chi connectivity index (χ2n) is 5.74. The highest BCUT2D eigenvalue weighted by Gasteiger charge is 2.14. The summed E-state index contributed by atoms with van der Waals surface area (Å²) in [6.07, 6.45) is 1.57. The quantitative estimate of drug-likeness (QED) is 0.672. The van der Waals surface area contributed by atoms with Gasteiger partial charge in [-0.1, -0.05) is 13.8 Å². The van der Waals surface area contributed by atoms with Gasteiger partial charge in [-0.15, -0.1) is 0 Å². The van der Waals surface area contributed by atoms with Gasteiger partial charge < -0.3 is 15.8 Å². The van der Waals surface area contributed by atoms with Gasteiger partial charge in [0.15, 0.2) is 0 Å². The van der Waals surface area contributed by atoms with Crippen molar-refractivity contribution < 1.29 is 9.53 Å². The molecule has 1 amide bonds. The molecule has 0 radical (unpaired) electrons. The van der Waals surface area contributed by atoms with Crippen molar-refractivity contribution in [3.05, 3.63) is 0 Å². The maximum Gasteiger partial charge on any atom is 0.220 e. The van der Waals surface area contributed by atoms with E-state index in [4.69, 9.17) is 10.5 Å². The van der Waals surface area contributed by atoms with Gasteiger partial charge in [-0.25, -0.2) is 0 Å². The largest absolute Gasteiger partial charge is 0.379 e. The van der Waals surface area contributed by atoms with Crippen molar-refractivity contribution in [2.45, 2.75) is 26.7 Å². The summed E-state index contributed by atoms with van der Waals surface area (Å²) in [5.41, 5.74) is 5.71. The average molecular weight is 271 g/mol. The number of hydrogen-bond donors (Lipinski definition) is 2. The van der Waals surface area contributed by atoms with Gasteiger partial charge in [-0.3, -0.25) is 9.69 Å². The standard InChI is InChI=1S/C14H29N3O2/c1-12(2)9-13(11-15)10-14(18)16-3-4-17-5-7-19-8-6-17/h12-13H,3-11,15H2,1-2H3,(H,16,18)/t13-/m0/s1. The van der Waals surface area contributed by atoms with Crippen LogP contribution in [-0.2, 0) is 9.53 Å². The van der Waals surface area contributed by atoms with E-state index in [0.29, 0.717) is 24.8 Å². The van der Waals surface area contributed by atoms with E-state index in [9.17, 15) is 4.79 Å². The fraction of sp³-hybridized carbons (Fsp3) is 0.929. The molecule has 1 aliphatic heterocycles. The van der Waals surface area contributed by atoms with Gasteiger partial charge in [0.25, 0.3) is 0 Å². The van der Waals surface area contributed by atoms with E-state index in [-0.39, 0.29) is 5.91 Å². The zero-order valence-corrected chi connectivity index (χ0v) is 12.4. The van der Waals surface area contributed by atoms with E-state index >= 15 is 0 Å². The Bertz CT molecular complexity index is 253. The van der Waals surface area contributed by atoms with Crippen LogP contribution in [-0.4, -0.2) is 56.7 Å². The summed E-state index contributed by atoms with van der Waals surface area (Å²) < 4.78 is 5.29. The first-order valence-corrected chi connectivity index (χ1v) is 7.38. The zero-order chi connectivity index (χ0) is 14.1. The van der Waals surface area contributed by atoms with Gasteiger partial charge in [0.2, 0.25) is 5.91 Å². The molecular weight excluding hydrogens is 242 g/mol. The minimum absolute atomic E-state index is 0.129. The molecule has 0 bridgehead atoms. The lowest BCUT2D eigenvalue weighted by Crippen LogP contribution is -2.41. The highest BCUT2D eigenvalue weighted by atomic mass is 16.5. The van der Waals surface area contributed by atoms with Crippen LogP contribution >= 0.6 is 0 Å². The van der Waals surface area contributed by atoms with Crippen LogP contribution in [0.4, 0.5) is 0 Å². The van der Waals surface area contributed by atoms with E-state index < -0.39 is 0 Å². The molecule has 0 aliphatic carbocycles. The molecule has 5 nitrogen and oxygen atoms in total. The Morgan fingerprint density at radius 3 is 2.63 bits per heavy atom. The summed E-state index contributed by atoms with van der Waals surface area (Å²) in [7, 11) is 0. The Morgan fingerprint density at radius 1 is 1.37 bits per heavy atom. The molecule has 1 aliphatic rings. The highest BCUT2D eigenvalue weighted by Crippen LogP contribution is 2.13. The first-order valence-electron chi connectivity index (χ1n) is 7.38.